The van der Waals surface area contributed by atoms with E-state index in [1.807, 2.05) is 26.0 Å². The van der Waals surface area contributed by atoms with Crippen molar-refractivity contribution in [2.24, 2.45) is 5.41 Å². The molecule has 0 radical (unpaired) electrons. The van der Waals surface area contributed by atoms with Gasteiger partial charge in [-0.05, 0) is 50.1 Å². The number of benzene rings is 1. The molecule has 8 nitrogen and oxygen atoms in total. The Balaban J connectivity index is 0.00000114. The number of carboxylic acid groups (broad SMARTS) is 1. The molecule has 0 aliphatic heterocycles. The number of ether oxygens (including phenoxy) is 3. The van der Waals surface area contributed by atoms with Crippen LogP contribution < -0.4 is 19.5 Å². The number of hydrogen-bond acceptors (Lipinski definition) is 6. The third-order valence-corrected chi connectivity index (χ3v) is 5.00. The average Bonchev–Trinajstić information content (AvgIpc) is 3.54. The summed E-state index contributed by atoms with van der Waals surface area (Å²) in [6, 6.07) is 5.44. The number of carbonyl (C=O) groups is 2. The molecule has 2 N–H and O–H groups in total. The maximum absolute atomic E-state index is 12.2. The minimum Gasteiger partial charge on any atom is -0.493 e. The lowest BCUT2D eigenvalue weighted by Crippen LogP contribution is -2.28. The Bertz CT molecular complexity index is 1050. The molecule has 0 unspecified atom stereocenters. The second-order valence-electron chi connectivity index (χ2n) is 7.36. The lowest BCUT2D eigenvalue weighted by Gasteiger charge is -2.12. The zero-order valence-corrected chi connectivity index (χ0v) is 18.7. The van der Waals surface area contributed by atoms with Crippen LogP contribution in [0.1, 0.15) is 26.7 Å². The van der Waals surface area contributed by atoms with Gasteiger partial charge >= 0.3 is 0 Å². The van der Waals surface area contributed by atoms with Gasteiger partial charge in [0, 0.05) is 28.8 Å². The molecule has 0 bridgehead atoms. The van der Waals surface area contributed by atoms with E-state index >= 15 is 0 Å². The summed E-state index contributed by atoms with van der Waals surface area (Å²) in [5, 5.41) is 10.6. The fraction of sp³-hybridized carbons (Fsp3) is 0.292. The van der Waals surface area contributed by atoms with Crippen molar-refractivity contribution in [1.82, 2.24) is 10.3 Å². The fourth-order valence-electron chi connectivity index (χ4n) is 2.81. The Hall–Kier alpha value is -3.81. The van der Waals surface area contributed by atoms with Gasteiger partial charge in [-0.1, -0.05) is 13.5 Å². The Morgan fingerprint density at radius 3 is 2.38 bits per heavy atom. The molecule has 1 amide bonds. The molecule has 3 rings (SSSR count). The van der Waals surface area contributed by atoms with Gasteiger partial charge in [-0.3, -0.25) is 14.6 Å². The van der Waals surface area contributed by atoms with Gasteiger partial charge in [-0.15, -0.1) is 0 Å². The first-order valence-corrected chi connectivity index (χ1v) is 9.90. The summed E-state index contributed by atoms with van der Waals surface area (Å²) >= 11 is 0. The van der Waals surface area contributed by atoms with Crippen LogP contribution in [0.2, 0.25) is 0 Å². The zero-order valence-electron chi connectivity index (χ0n) is 18.7. The molecule has 0 atom stereocenters. The van der Waals surface area contributed by atoms with Crippen LogP contribution in [0.4, 0.5) is 0 Å². The molecule has 32 heavy (non-hydrogen) atoms. The van der Waals surface area contributed by atoms with Gasteiger partial charge in [-0.2, -0.15) is 0 Å². The van der Waals surface area contributed by atoms with Gasteiger partial charge in [0.25, 0.3) is 6.47 Å². The molecule has 1 aliphatic carbocycles. The Kier molecular flexibility index (Phi) is 8.40. The SMILES string of the molecule is C=C/C(=C\C=C(/C)Oc1ccnc2cc(OC)c(OC)cc12)NC(=O)C1(C)CC1.O=CO. The van der Waals surface area contributed by atoms with Crippen LogP contribution in [0.25, 0.3) is 10.9 Å². The number of fused-ring (bicyclic) bond motifs is 1. The largest absolute Gasteiger partial charge is 0.493 e. The van der Waals surface area contributed by atoms with E-state index in [-0.39, 0.29) is 17.8 Å². The maximum Gasteiger partial charge on any atom is 0.290 e. The summed E-state index contributed by atoms with van der Waals surface area (Å²) < 4.78 is 16.7. The van der Waals surface area contributed by atoms with Crippen LogP contribution in [0.5, 0.6) is 17.2 Å². The van der Waals surface area contributed by atoms with Crippen molar-refractivity contribution in [2.75, 3.05) is 14.2 Å². The third kappa shape index (κ3) is 6.10. The topological polar surface area (TPSA) is 107 Å². The molecule has 1 heterocycles. The van der Waals surface area contributed by atoms with Crippen LogP contribution in [-0.2, 0) is 9.59 Å². The fourth-order valence-corrected chi connectivity index (χ4v) is 2.81. The highest BCUT2D eigenvalue weighted by Crippen LogP contribution is 2.45. The highest BCUT2D eigenvalue weighted by molar-refractivity contribution is 5.88. The van der Waals surface area contributed by atoms with Crippen molar-refractivity contribution < 1.29 is 28.9 Å². The summed E-state index contributed by atoms with van der Waals surface area (Å²) in [6.07, 6.45) is 8.71. The normalized spacial score (nSPS) is 14.5. The number of rotatable bonds is 8. The van der Waals surface area contributed by atoms with Gasteiger partial charge < -0.3 is 24.6 Å². The molecule has 8 heteroatoms. The molecular formula is C24H28N2O6. The highest BCUT2D eigenvalue weighted by Gasteiger charge is 2.44. The van der Waals surface area contributed by atoms with E-state index in [1.54, 1.807) is 44.7 Å². The van der Waals surface area contributed by atoms with E-state index in [4.69, 9.17) is 24.1 Å². The number of carbonyl (C=O) groups excluding carboxylic acids is 1. The summed E-state index contributed by atoms with van der Waals surface area (Å²) in [6.45, 7) is 7.32. The number of allylic oxidation sites excluding steroid dienone is 4. The minimum atomic E-state index is -0.250. The van der Waals surface area contributed by atoms with Crippen molar-refractivity contribution >= 4 is 23.3 Å². The summed E-state index contributed by atoms with van der Waals surface area (Å²) in [5.41, 5.74) is 1.13. The van der Waals surface area contributed by atoms with Crippen LogP contribution in [-0.4, -0.2) is 36.7 Å². The molecule has 1 aromatic carbocycles. The average molecular weight is 440 g/mol. The van der Waals surface area contributed by atoms with Gasteiger partial charge in [-0.25, -0.2) is 0 Å². The molecule has 1 saturated carbocycles. The molecule has 0 saturated heterocycles. The van der Waals surface area contributed by atoms with Crippen LogP contribution in [0, 0.1) is 5.41 Å². The number of pyridine rings is 1. The second kappa shape index (κ2) is 11.0. The van der Waals surface area contributed by atoms with Gasteiger partial charge in [0.05, 0.1) is 19.7 Å². The van der Waals surface area contributed by atoms with Gasteiger partial charge in [0.2, 0.25) is 5.91 Å². The van der Waals surface area contributed by atoms with E-state index in [9.17, 15) is 4.79 Å². The van der Waals surface area contributed by atoms with Crippen molar-refractivity contribution in [3.8, 4) is 17.2 Å². The van der Waals surface area contributed by atoms with Crippen molar-refractivity contribution in [3.63, 3.8) is 0 Å². The van der Waals surface area contributed by atoms with Crippen molar-refractivity contribution in [3.05, 3.63) is 60.7 Å². The van der Waals surface area contributed by atoms with Crippen molar-refractivity contribution in [1.29, 1.82) is 0 Å². The summed E-state index contributed by atoms with van der Waals surface area (Å²) in [4.78, 5) is 24.9. The summed E-state index contributed by atoms with van der Waals surface area (Å²) in [7, 11) is 3.17. The molecule has 1 aliphatic rings. The molecule has 170 valence electrons. The number of methoxy groups -OCH3 is 2. The lowest BCUT2D eigenvalue weighted by atomic mass is 10.1. The summed E-state index contributed by atoms with van der Waals surface area (Å²) in [5.74, 6) is 2.53. The van der Waals surface area contributed by atoms with E-state index < -0.39 is 0 Å². The van der Waals surface area contributed by atoms with Crippen LogP contribution >= 0.6 is 0 Å². The maximum atomic E-state index is 12.2. The van der Waals surface area contributed by atoms with Gasteiger partial charge in [0.15, 0.2) is 11.5 Å². The van der Waals surface area contributed by atoms with E-state index in [1.165, 1.54) is 0 Å². The monoisotopic (exact) mass is 440 g/mol. The zero-order chi connectivity index (χ0) is 23.7. The van der Waals surface area contributed by atoms with Crippen molar-refractivity contribution in [2.45, 2.75) is 26.7 Å². The predicted octanol–water partition coefficient (Wildman–Crippen LogP) is 4.22. The van der Waals surface area contributed by atoms with Crippen LogP contribution in [0.3, 0.4) is 0 Å². The molecule has 0 spiro atoms. The lowest BCUT2D eigenvalue weighted by molar-refractivity contribution is -0.125. The number of nitrogens with one attached hydrogen (secondary N) is 1. The molecule has 1 aromatic heterocycles. The number of amides is 1. The highest BCUT2D eigenvalue weighted by atomic mass is 16.5. The Morgan fingerprint density at radius 2 is 1.81 bits per heavy atom. The quantitative estimate of drug-likeness (QED) is 0.359. The number of nitrogens with zero attached hydrogens (tertiary/aromatic N) is 1. The Labute approximate surface area is 187 Å². The standard InChI is InChI=1S/C23H26N2O4.CH2O2/c1-6-16(25-22(26)23(3)10-11-23)8-7-15(2)29-19-9-12-24-18-14-21(28-5)20(27-4)13-17(18)19;2-1-3/h6-9,12-14H,1,10-11H2,2-5H3,(H,25,26);1H,(H,2,3)/b15-7+,16-8+;. The van der Waals surface area contributed by atoms with E-state index in [0.717, 1.165) is 23.7 Å². The first-order valence-electron chi connectivity index (χ1n) is 9.90. The predicted molar refractivity (Wildman–Crippen MR) is 122 cm³/mol. The smallest absolute Gasteiger partial charge is 0.290 e. The molecule has 2 aromatic rings. The first kappa shape index (κ1) is 24.5. The first-order chi connectivity index (χ1) is 15.3. The van der Waals surface area contributed by atoms with Gasteiger partial charge in [0.1, 0.15) is 11.5 Å². The van der Waals surface area contributed by atoms with E-state index in [2.05, 4.69) is 16.9 Å². The number of aromatic nitrogens is 1. The van der Waals surface area contributed by atoms with Crippen LogP contribution in [0.15, 0.2) is 60.7 Å². The molecular weight excluding hydrogens is 412 g/mol. The van der Waals surface area contributed by atoms with E-state index in [0.29, 0.717) is 28.7 Å². The minimum absolute atomic E-state index is 0.0248. The molecule has 1 fully saturated rings. The third-order valence-electron chi connectivity index (χ3n) is 5.00. The Morgan fingerprint density at radius 1 is 1.19 bits per heavy atom. The number of hydrogen-bond donors (Lipinski definition) is 2. The second-order valence-corrected chi connectivity index (χ2v) is 7.36.